The molecule has 0 saturated heterocycles. The van der Waals surface area contributed by atoms with Gasteiger partial charge in [0, 0.05) is 0 Å². The van der Waals surface area contributed by atoms with Gasteiger partial charge in [0.05, 0.1) is 30.5 Å². The molecule has 4 nitrogen and oxygen atoms in total. The zero-order valence-corrected chi connectivity index (χ0v) is 20.4. The Morgan fingerprint density at radius 3 is 2.38 bits per heavy atom. The van der Waals surface area contributed by atoms with Crippen LogP contribution in [-0.4, -0.2) is 45.8 Å². The van der Waals surface area contributed by atoms with E-state index in [4.69, 9.17) is 4.74 Å². The van der Waals surface area contributed by atoms with Crippen molar-refractivity contribution in [2.75, 3.05) is 6.61 Å². The highest BCUT2D eigenvalue weighted by atomic mass is 16.5. The molecule has 0 aliphatic heterocycles. The Bertz CT molecular complexity index is 649. The van der Waals surface area contributed by atoms with E-state index < -0.39 is 5.60 Å². The number of aliphatic hydroxyl groups excluding tert-OH is 2. The molecule has 182 valence electrons. The van der Waals surface area contributed by atoms with Crippen molar-refractivity contribution in [3.8, 4) is 0 Å². The normalized spacial score (nSPS) is 34.7. The molecule has 3 N–H and O–H groups in total. The van der Waals surface area contributed by atoms with E-state index in [-0.39, 0.29) is 12.2 Å². The number of aliphatic hydroxyl groups is 3. The van der Waals surface area contributed by atoms with Crippen LogP contribution in [0.4, 0.5) is 0 Å². The van der Waals surface area contributed by atoms with Gasteiger partial charge in [-0.15, -0.1) is 0 Å². The van der Waals surface area contributed by atoms with Crippen molar-refractivity contribution in [3.63, 3.8) is 0 Å². The monoisotopic (exact) mass is 446 g/mol. The van der Waals surface area contributed by atoms with Crippen molar-refractivity contribution in [3.05, 3.63) is 35.5 Å². The van der Waals surface area contributed by atoms with Gasteiger partial charge in [-0.3, -0.25) is 0 Å². The Labute approximate surface area is 195 Å². The number of hydrogen-bond acceptors (Lipinski definition) is 4. The molecular weight excluding hydrogens is 400 g/mol. The minimum Gasteiger partial charge on any atom is -0.393 e. The molecule has 32 heavy (non-hydrogen) atoms. The molecule has 0 aromatic rings. The number of allylic oxidation sites excluding steroid dienone is 4. The van der Waals surface area contributed by atoms with E-state index in [2.05, 4.69) is 24.3 Å². The number of ether oxygens (including phenoxy) is 1. The molecule has 0 heterocycles. The molecule has 1 spiro atoms. The Morgan fingerprint density at radius 2 is 1.69 bits per heavy atom. The lowest BCUT2D eigenvalue weighted by Crippen LogP contribution is -2.33. The molecule has 2 atom stereocenters. The van der Waals surface area contributed by atoms with E-state index in [1.54, 1.807) is 5.57 Å². The second-order valence-electron chi connectivity index (χ2n) is 11.3. The van der Waals surface area contributed by atoms with Crippen molar-refractivity contribution in [1.82, 2.24) is 0 Å². The summed E-state index contributed by atoms with van der Waals surface area (Å²) in [5, 5.41) is 29.6. The standard InChI is InChI=1S/C28H46O4/c1-27(2,31)13-5-3-4-6-17-32-26-11-15-28(16-12-26)14-7-8-22(21-28)9-10-23-18-24(29)20-25(30)19-23/h4,6,9-10,24-26,29-31H,3,5,7-8,11-21H2,1-2H3/b6-4+,22-9+,23-10?/t24-,25+,26?,28?. The number of hydrogen-bond donors (Lipinski definition) is 3. The minimum atomic E-state index is -0.561. The molecule has 0 bridgehead atoms. The maximum atomic E-state index is 9.91. The SMILES string of the molecule is CC(C)(O)CCC/C=C/COC1CCC2(CCC/C(=C\C=C3C[C@@H](O)C[C@@H](O)C3)C2)CC1. The lowest BCUT2D eigenvalue weighted by Gasteiger charge is -2.43. The zero-order valence-electron chi connectivity index (χ0n) is 20.4. The van der Waals surface area contributed by atoms with E-state index in [0.29, 0.717) is 37.4 Å². The number of rotatable bonds is 8. The lowest BCUT2D eigenvalue weighted by molar-refractivity contribution is 0.00277. The van der Waals surface area contributed by atoms with Gasteiger partial charge in [0.1, 0.15) is 0 Å². The lowest BCUT2D eigenvalue weighted by atomic mass is 9.63. The molecule has 3 aliphatic rings. The quantitative estimate of drug-likeness (QED) is 0.327. The fourth-order valence-corrected chi connectivity index (χ4v) is 5.86. The smallest absolute Gasteiger partial charge is 0.0651 e. The van der Waals surface area contributed by atoms with Crippen LogP contribution in [-0.2, 0) is 4.74 Å². The van der Waals surface area contributed by atoms with Crippen LogP contribution in [0.3, 0.4) is 0 Å². The Balaban J connectivity index is 1.39. The van der Waals surface area contributed by atoms with Gasteiger partial charge >= 0.3 is 0 Å². The van der Waals surface area contributed by atoms with Crippen LogP contribution in [0.1, 0.15) is 104 Å². The van der Waals surface area contributed by atoms with Crippen LogP contribution in [0.5, 0.6) is 0 Å². The van der Waals surface area contributed by atoms with Crippen LogP contribution in [0.15, 0.2) is 35.5 Å². The van der Waals surface area contributed by atoms with Crippen LogP contribution < -0.4 is 0 Å². The third kappa shape index (κ3) is 8.78. The van der Waals surface area contributed by atoms with Crippen molar-refractivity contribution in [1.29, 1.82) is 0 Å². The summed E-state index contributed by atoms with van der Waals surface area (Å²) in [6.07, 6.45) is 23.1. The van der Waals surface area contributed by atoms with Crippen LogP contribution in [0, 0.1) is 5.41 Å². The average Bonchev–Trinajstić information content (AvgIpc) is 2.72. The maximum absolute atomic E-state index is 9.91. The third-order valence-electron chi connectivity index (χ3n) is 7.65. The molecule has 0 radical (unpaired) electrons. The molecule has 0 aromatic heterocycles. The van der Waals surface area contributed by atoms with Crippen molar-refractivity contribution in [2.24, 2.45) is 5.41 Å². The van der Waals surface area contributed by atoms with Crippen LogP contribution >= 0.6 is 0 Å². The predicted octanol–water partition coefficient (Wildman–Crippen LogP) is 5.76. The average molecular weight is 447 g/mol. The summed E-state index contributed by atoms with van der Waals surface area (Å²) in [5.74, 6) is 0. The van der Waals surface area contributed by atoms with Crippen molar-refractivity contribution in [2.45, 2.75) is 128 Å². The highest BCUT2D eigenvalue weighted by molar-refractivity contribution is 5.22. The van der Waals surface area contributed by atoms with E-state index in [1.165, 1.54) is 56.9 Å². The largest absolute Gasteiger partial charge is 0.393 e. The summed E-state index contributed by atoms with van der Waals surface area (Å²) >= 11 is 0. The zero-order chi connectivity index (χ0) is 23.0. The van der Waals surface area contributed by atoms with Crippen LogP contribution in [0.25, 0.3) is 0 Å². The summed E-state index contributed by atoms with van der Waals surface area (Å²) in [5.41, 5.74) is 2.63. The first-order valence-electron chi connectivity index (χ1n) is 13.0. The van der Waals surface area contributed by atoms with Gasteiger partial charge in [-0.1, -0.05) is 35.5 Å². The van der Waals surface area contributed by atoms with E-state index in [1.807, 2.05) is 13.8 Å². The third-order valence-corrected chi connectivity index (χ3v) is 7.65. The van der Waals surface area contributed by atoms with E-state index in [0.717, 1.165) is 19.3 Å². The molecule has 3 aliphatic carbocycles. The molecule has 3 saturated carbocycles. The van der Waals surface area contributed by atoms with Gasteiger partial charge in [-0.05, 0) is 109 Å². The second kappa shape index (κ2) is 12.0. The van der Waals surface area contributed by atoms with Gasteiger partial charge in [0.25, 0.3) is 0 Å². The van der Waals surface area contributed by atoms with Gasteiger partial charge in [0.2, 0.25) is 0 Å². The summed E-state index contributed by atoms with van der Waals surface area (Å²) in [6.45, 7) is 4.44. The second-order valence-corrected chi connectivity index (χ2v) is 11.3. The number of unbranched alkanes of at least 4 members (excludes halogenated alkanes) is 1. The molecule has 4 heteroatoms. The first-order valence-corrected chi connectivity index (χ1v) is 13.0. The van der Waals surface area contributed by atoms with Gasteiger partial charge in [0.15, 0.2) is 0 Å². The highest BCUT2D eigenvalue weighted by Crippen LogP contribution is 2.49. The van der Waals surface area contributed by atoms with Crippen LogP contribution in [0.2, 0.25) is 0 Å². The molecule has 0 amide bonds. The Kier molecular flexibility index (Phi) is 9.60. The summed E-state index contributed by atoms with van der Waals surface area (Å²) < 4.78 is 6.13. The molecule has 3 fully saturated rings. The first kappa shape index (κ1) is 25.7. The molecular formula is C28H46O4. The molecule has 0 aromatic carbocycles. The summed E-state index contributed by atoms with van der Waals surface area (Å²) in [4.78, 5) is 0. The van der Waals surface area contributed by atoms with Gasteiger partial charge in [-0.25, -0.2) is 0 Å². The molecule has 3 rings (SSSR count). The van der Waals surface area contributed by atoms with E-state index in [9.17, 15) is 15.3 Å². The molecule has 0 unspecified atom stereocenters. The predicted molar refractivity (Wildman–Crippen MR) is 130 cm³/mol. The van der Waals surface area contributed by atoms with Crippen molar-refractivity contribution < 1.29 is 20.1 Å². The fourth-order valence-electron chi connectivity index (χ4n) is 5.86. The Morgan fingerprint density at radius 1 is 1.00 bits per heavy atom. The Hall–Kier alpha value is -0.940. The first-order chi connectivity index (χ1) is 15.2. The summed E-state index contributed by atoms with van der Waals surface area (Å²) in [7, 11) is 0. The highest BCUT2D eigenvalue weighted by Gasteiger charge is 2.37. The summed E-state index contributed by atoms with van der Waals surface area (Å²) in [6, 6.07) is 0. The van der Waals surface area contributed by atoms with E-state index >= 15 is 0 Å². The van der Waals surface area contributed by atoms with Gasteiger partial charge in [-0.2, -0.15) is 0 Å². The van der Waals surface area contributed by atoms with Gasteiger partial charge < -0.3 is 20.1 Å². The maximum Gasteiger partial charge on any atom is 0.0651 e. The van der Waals surface area contributed by atoms with Crippen molar-refractivity contribution >= 4 is 0 Å². The minimum absolute atomic E-state index is 0.390. The fraction of sp³-hybridized carbons (Fsp3) is 0.786. The topological polar surface area (TPSA) is 69.9 Å².